The van der Waals surface area contributed by atoms with Crippen LogP contribution in [-0.4, -0.2) is 12.4 Å². The minimum atomic E-state index is 0.784. The van der Waals surface area contributed by atoms with Gasteiger partial charge in [0.05, 0.1) is 6.61 Å². The third kappa shape index (κ3) is 10.5. The van der Waals surface area contributed by atoms with Gasteiger partial charge in [-0.3, -0.25) is 0 Å². The molecule has 2 aromatic carbocycles. The van der Waals surface area contributed by atoms with E-state index in [9.17, 15) is 0 Å². The lowest BCUT2D eigenvalue weighted by Gasteiger charge is -2.05. The van der Waals surface area contributed by atoms with Gasteiger partial charge in [0.15, 0.2) is 0 Å². The van der Waals surface area contributed by atoms with Gasteiger partial charge in [0.25, 0.3) is 0 Å². The van der Waals surface area contributed by atoms with Gasteiger partial charge in [-0.1, -0.05) is 64.2 Å². The van der Waals surface area contributed by atoms with Crippen LogP contribution in [0.25, 0.3) is 0 Å². The predicted octanol–water partition coefficient (Wildman–Crippen LogP) is 7.72. The number of hydrogen-bond donors (Lipinski definition) is 0. The molecule has 0 aliphatic heterocycles. The molecule has 0 aliphatic carbocycles. The molecule has 158 valence electrons. The highest BCUT2D eigenvalue weighted by Crippen LogP contribution is 2.20. The van der Waals surface area contributed by atoms with Crippen molar-refractivity contribution < 1.29 is 4.74 Å². The summed E-state index contributed by atoms with van der Waals surface area (Å²) in [6.07, 6.45) is 10.1. The maximum atomic E-state index is 5.76. The van der Waals surface area contributed by atoms with Gasteiger partial charge in [-0.05, 0) is 79.0 Å². The minimum absolute atomic E-state index is 0.784. The Morgan fingerprint density at radius 3 is 1.83 bits per heavy atom. The van der Waals surface area contributed by atoms with Gasteiger partial charge in [-0.15, -0.1) is 11.8 Å². The SMILES string of the molecule is CCCCCCOc1ccc(C#CC#Cc2ccc(SCCCCCC)cc2)cc1. The summed E-state index contributed by atoms with van der Waals surface area (Å²) in [5, 5.41) is 0. The summed E-state index contributed by atoms with van der Waals surface area (Å²) in [5.74, 6) is 14.2. The minimum Gasteiger partial charge on any atom is -0.494 e. The molecule has 0 saturated heterocycles. The first-order chi connectivity index (χ1) is 14.8. The molecule has 0 unspecified atom stereocenters. The Bertz CT molecular complexity index is 755. The summed E-state index contributed by atoms with van der Waals surface area (Å²) in [4.78, 5) is 1.32. The number of thioether (sulfide) groups is 1. The molecular formula is C28H34OS. The number of ether oxygens (including phenoxy) is 1. The summed E-state index contributed by atoms with van der Waals surface area (Å²) in [6, 6.07) is 16.4. The van der Waals surface area contributed by atoms with Crippen LogP contribution in [0.3, 0.4) is 0 Å². The van der Waals surface area contributed by atoms with Crippen molar-refractivity contribution in [2.45, 2.75) is 70.1 Å². The molecule has 2 aromatic rings. The monoisotopic (exact) mass is 418 g/mol. The molecule has 0 spiro atoms. The fourth-order valence-electron chi connectivity index (χ4n) is 2.91. The fraction of sp³-hybridized carbons (Fsp3) is 0.429. The van der Waals surface area contributed by atoms with Crippen LogP contribution in [0.4, 0.5) is 0 Å². The molecule has 0 amide bonds. The molecule has 0 aliphatic rings. The van der Waals surface area contributed by atoms with E-state index in [1.165, 1.54) is 55.6 Å². The van der Waals surface area contributed by atoms with Crippen LogP contribution in [0.15, 0.2) is 53.4 Å². The van der Waals surface area contributed by atoms with Crippen LogP contribution in [0.1, 0.15) is 76.3 Å². The second-order valence-electron chi connectivity index (χ2n) is 7.37. The zero-order chi connectivity index (χ0) is 21.3. The topological polar surface area (TPSA) is 9.23 Å². The van der Waals surface area contributed by atoms with E-state index < -0.39 is 0 Å². The normalized spacial score (nSPS) is 9.93. The second kappa shape index (κ2) is 15.5. The predicted molar refractivity (Wildman–Crippen MR) is 131 cm³/mol. The largest absolute Gasteiger partial charge is 0.494 e. The van der Waals surface area contributed by atoms with E-state index in [4.69, 9.17) is 4.74 Å². The van der Waals surface area contributed by atoms with Crippen molar-refractivity contribution in [2.75, 3.05) is 12.4 Å². The summed E-state index contributed by atoms with van der Waals surface area (Å²) in [7, 11) is 0. The molecule has 0 bridgehead atoms. The zero-order valence-electron chi connectivity index (χ0n) is 18.5. The van der Waals surface area contributed by atoms with E-state index in [1.54, 1.807) is 0 Å². The zero-order valence-corrected chi connectivity index (χ0v) is 19.3. The lowest BCUT2D eigenvalue weighted by atomic mass is 10.2. The number of unbranched alkanes of at least 4 members (excludes halogenated alkanes) is 6. The Hall–Kier alpha value is -2.29. The molecular weight excluding hydrogens is 384 g/mol. The molecule has 0 atom stereocenters. The highest BCUT2D eigenvalue weighted by Gasteiger charge is 1.95. The molecule has 2 rings (SSSR count). The fourth-order valence-corrected chi connectivity index (χ4v) is 3.83. The lowest BCUT2D eigenvalue weighted by molar-refractivity contribution is 0.305. The van der Waals surface area contributed by atoms with E-state index in [0.717, 1.165) is 29.9 Å². The van der Waals surface area contributed by atoms with Crippen molar-refractivity contribution >= 4 is 11.8 Å². The van der Waals surface area contributed by atoms with E-state index in [-0.39, 0.29) is 0 Å². The smallest absolute Gasteiger partial charge is 0.119 e. The Balaban J connectivity index is 1.75. The third-order valence-electron chi connectivity index (χ3n) is 4.72. The highest BCUT2D eigenvalue weighted by molar-refractivity contribution is 7.99. The van der Waals surface area contributed by atoms with Gasteiger partial charge in [0.1, 0.15) is 5.75 Å². The van der Waals surface area contributed by atoms with E-state index in [1.807, 2.05) is 36.0 Å². The first-order valence-electron chi connectivity index (χ1n) is 11.3. The van der Waals surface area contributed by atoms with E-state index >= 15 is 0 Å². The summed E-state index contributed by atoms with van der Waals surface area (Å²) in [5.41, 5.74) is 1.96. The van der Waals surface area contributed by atoms with Gasteiger partial charge < -0.3 is 4.74 Å². The van der Waals surface area contributed by atoms with Crippen molar-refractivity contribution in [1.82, 2.24) is 0 Å². The summed E-state index contributed by atoms with van der Waals surface area (Å²) >= 11 is 1.93. The second-order valence-corrected chi connectivity index (χ2v) is 8.54. The molecule has 2 heteroatoms. The van der Waals surface area contributed by atoms with Crippen molar-refractivity contribution in [3.8, 4) is 29.4 Å². The van der Waals surface area contributed by atoms with Crippen LogP contribution in [-0.2, 0) is 0 Å². The maximum absolute atomic E-state index is 5.76. The van der Waals surface area contributed by atoms with Gasteiger partial charge in [-0.25, -0.2) is 0 Å². The Kier molecular flexibility index (Phi) is 12.4. The molecule has 0 radical (unpaired) electrons. The molecule has 30 heavy (non-hydrogen) atoms. The van der Waals surface area contributed by atoms with Crippen molar-refractivity contribution in [3.63, 3.8) is 0 Å². The highest BCUT2D eigenvalue weighted by atomic mass is 32.2. The summed E-state index contributed by atoms with van der Waals surface area (Å²) < 4.78 is 5.76. The first-order valence-corrected chi connectivity index (χ1v) is 12.3. The maximum Gasteiger partial charge on any atom is 0.119 e. The molecule has 0 N–H and O–H groups in total. The van der Waals surface area contributed by atoms with Gasteiger partial charge >= 0.3 is 0 Å². The summed E-state index contributed by atoms with van der Waals surface area (Å²) in [6.45, 7) is 5.25. The number of rotatable bonds is 12. The Labute approximate surface area is 188 Å². The lowest BCUT2D eigenvalue weighted by Crippen LogP contribution is -1.96. The quantitative estimate of drug-likeness (QED) is 0.198. The Morgan fingerprint density at radius 2 is 1.23 bits per heavy atom. The van der Waals surface area contributed by atoms with Gasteiger partial charge in [-0.2, -0.15) is 0 Å². The van der Waals surface area contributed by atoms with Crippen LogP contribution in [0.5, 0.6) is 5.75 Å². The van der Waals surface area contributed by atoms with Crippen LogP contribution < -0.4 is 4.74 Å². The number of hydrogen-bond acceptors (Lipinski definition) is 2. The van der Waals surface area contributed by atoms with Crippen LogP contribution in [0, 0.1) is 23.7 Å². The average Bonchev–Trinajstić information content (AvgIpc) is 2.78. The third-order valence-corrected chi connectivity index (χ3v) is 5.82. The molecule has 0 fully saturated rings. The van der Waals surface area contributed by atoms with Crippen molar-refractivity contribution in [1.29, 1.82) is 0 Å². The standard InChI is InChI=1S/C28H34OS/c1-3-5-7-11-23-29-27-19-15-25(16-20-27)13-9-10-14-26-17-21-28(22-18-26)30-24-12-8-6-4-2/h15-22H,3-8,11-12,23-24H2,1-2H3. The molecule has 0 saturated carbocycles. The van der Waals surface area contributed by atoms with Crippen LogP contribution in [0.2, 0.25) is 0 Å². The van der Waals surface area contributed by atoms with Crippen molar-refractivity contribution in [2.24, 2.45) is 0 Å². The average molecular weight is 419 g/mol. The van der Waals surface area contributed by atoms with Crippen molar-refractivity contribution in [3.05, 3.63) is 59.7 Å². The van der Waals surface area contributed by atoms with Crippen LogP contribution >= 0.6 is 11.8 Å². The van der Waals surface area contributed by atoms with E-state index in [2.05, 4.69) is 61.8 Å². The molecule has 1 nitrogen and oxygen atoms in total. The van der Waals surface area contributed by atoms with Gasteiger partial charge in [0, 0.05) is 16.0 Å². The van der Waals surface area contributed by atoms with Gasteiger partial charge in [0.2, 0.25) is 0 Å². The molecule has 0 aromatic heterocycles. The first kappa shape index (κ1) is 24.0. The van der Waals surface area contributed by atoms with E-state index in [0.29, 0.717) is 0 Å². The number of benzene rings is 2. The molecule has 0 heterocycles. The Morgan fingerprint density at radius 1 is 0.667 bits per heavy atom.